The van der Waals surface area contributed by atoms with Crippen LogP contribution in [0.4, 0.5) is 0 Å². The summed E-state index contributed by atoms with van der Waals surface area (Å²) in [6.45, 7) is 2.01. The molecule has 0 fully saturated rings. The van der Waals surface area contributed by atoms with Gasteiger partial charge >= 0.3 is 0 Å². The summed E-state index contributed by atoms with van der Waals surface area (Å²) in [5, 5.41) is 11.9. The lowest BCUT2D eigenvalue weighted by atomic mass is 10.1. The highest BCUT2D eigenvalue weighted by atomic mass is 79.9. The van der Waals surface area contributed by atoms with Gasteiger partial charge in [-0.1, -0.05) is 6.92 Å². The predicted molar refractivity (Wildman–Crippen MR) is 71.8 cm³/mol. The minimum absolute atomic E-state index is 0.0675. The van der Waals surface area contributed by atoms with Crippen LogP contribution in [0.5, 0.6) is 0 Å². The van der Waals surface area contributed by atoms with E-state index >= 15 is 0 Å². The minimum atomic E-state index is -0.0675. The summed E-state index contributed by atoms with van der Waals surface area (Å²) in [6.07, 6.45) is 0.817. The molecule has 1 atom stereocenters. The number of nitriles is 1. The highest BCUT2D eigenvalue weighted by Gasteiger charge is 2.14. The van der Waals surface area contributed by atoms with Crippen LogP contribution in [0.15, 0.2) is 21.3 Å². The van der Waals surface area contributed by atoms with E-state index in [-0.39, 0.29) is 5.92 Å². The molecule has 2 nitrogen and oxygen atoms in total. The average Bonchev–Trinajstić information content (AvgIpc) is 2.89. The summed E-state index contributed by atoms with van der Waals surface area (Å²) < 4.78 is 1.10. The number of thiophene rings is 1. The fourth-order valence-electron chi connectivity index (χ4n) is 1.33. The molecule has 0 aromatic carbocycles. The van der Waals surface area contributed by atoms with Crippen molar-refractivity contribution < 1.29 is 0 Å². The summed E-state index contributed by atoms with van der Waals surface area (Å²) in [4.78, 5) is 5.66. The Morgan fingerprint density at radius 3 is 2.94 bits per heavy atom. The van der Waals surface area contributed by atoms with Crippen LogP contribution < -0.4 is 0 Å². The molecule has 0 bridgehead atoms. The molecule has 0 N–H and O–H groups in total. The number of hydrogen-bond donors (Lipinski definition) is 0. The van der Waals surface area contributed by atoms with Gasteiger partial charge in [0.1, 0.15) is 5.01 Å². The third-order valence-corrected chi connectivity index (χ3v) is 4.81. The van der Waals surface area contributed by atoms with E-state index in [1.54, 1.807) is 22.7 Å². The molecule has 0 amide bonds. The van der Waals surface area contributed by atoms with Crippen molar-refractivity contribution in [1.29, 1.82) is 5.26 Å². The molecule has 0 aliphatic carbocycles. The van der Waals surface area contributed by atoms with Crippen LogP contribution in [0.2, 0.25) is 0 Å². The highest BCUT2D eigenvalue weighted by molar-refractivity contribution is 9.11. The fraction of sp³-hybridized carbons (Fsp3) is 0.273. The summed E-state index contributed by atoms with van der Waals surface area (Å²) in [5.74, 6) is -0.0675. The van der Waals surface area contributed by atoms with E-state index < -0.39 is 0 Å². The lowest BCUT2D eigenvalue weighted by Gasteiger charge is -1.98. The van der Waals surface area contributed by atoms with Crippen LogP contribution in [0.25, 0.3) is 10.6 Å². The van der Waals surface area contributed by atoms with Crippen LogP contribution in [0.1, 0.15) is 24.3 Å². The number of thiazole rings is 1. The Hall–Kier alpha value is -0.700. The van der Waals surface area contributed by atoms with Gasteiger partial charge in [0.2, 0.25) is 0 Å². The van der Waals surface area contributed by atoms with Gasteiger partial charge in [0.05, 0.1) is 26.3 Å². The monoisotopic (exact) mass is 312 g/mol. The molecule has 5 heteroatoms. The molecule has 2 aromatic rings. The van der Waals surface area contributed by atoms with Crippen molar-refractivity contribution in [3.05, 3.63) is 26.3 Å². The summed E-state index contributed by atoms with van der Waals surface area (Å²) in [5.41, 5.74) is 0.976. The molecule has 0 saturated carbocycles. The van der Waals surface area contributed by atoms with Crippen molar-refractivity contribution in [3.8, 4) is 16.6 Å². The smallest absolute Gasteiger partial charge is 0.110 e. The van der Waals surface area contributed by atoms with Gasteiger partial charge in [0, 0.05) is 5.38 Å². The number of nitrogens with zero attached hydrogens (tertiary/aromatic N) is 2. The van der Waals surface area contributed by atoms with E-state index in [0.29, 0.717) is 0 Å². The largest absolute Gasteiger partial charge is 0.239 e. The minimum Gasteiger partial charge on any atom is -0.239 e. The van der Waals surface area contributed by atoms with E-state index in [1.807, 2.05) is 24.4 Å². The van der Waals surface area contributed by atoms with Gasteiger partial charge in [-0.2, -0.15) is 5.26 Å². The summed E-state index contributed by atoms with van der Waals surface area (Å²) in [7, 11) is 0. The molecule has 0 aliphatic rings. The zero-order valence-electron chi connectivity index (χ0n) is 8.61. The van der Waals surface area contributed by atoms with Crippen LogP contribution in [-0.4, -0.2) is 4.98 Å². The Balaban J connectivity index is 2.30. The molecule has 0 radical (unpaired) electrons. The summed E-state index contributed by atoms with van der Waals surface area (Å²) in [6, 6.07) is 6.34. The molecule has 2 heterocycles. The molecule has 0 spiro atoms. The van der Waals surface area contributed by atoms with Crippen LogP contribution in [-0.2, 0) is 0 Å². The van der Waals surface area contributed by atoms with Crippen molar-refractivity contribution in [3.63, 3.8) is 0 Å². The first-order valence-corrected chi connectivity index (χ1v) is 7.34. The Kier molecular flexibility index (Phi) is 3.74. The first-order chi connectivity index (χ1) is 7.74. The Labute approximate surface area is 111 Å². The standard InChI is InChI=1S/C11H9BrN2S2/c1-2-7(5-13)11-14-8(6-15-11)9-3-4-10(12)16-9/h3-4,6-7H,2H2,1H3. The Morgan fingerprint density at radius 2 is 2.38 bits per heavy atom. The molecule has 82 valence electrons. The van der Waals surface area contributed by atoms with Crippen molar-refractivity contribution in [2.24, 2.45) is 0 Å². The lowest BCUT2D eigenvalue weighted by molar-refractivity contribution is 0.810. The normalized spacial score (nSPS) is 12.3. The number of halogens is 1. The molecule has 0 saturated heterocycles. The maximum Gasteiger partial charge on any atom is 0.110 e. The number of rotatable bonds is 3. The van der Waals surface area contributed by atoms with Crippen molar-refractivity contribution in [2.45, 2.75) is 19.3 Å². The van der Waals surface area contributed by atoms with Crippen LogP contribution in [0.3, 0.4) is 0 Å². The van der Waals surface area contributed by atoms with Crippen molar-refractivity contribution in [1.82, 2.24) is 4.98 Å². The number of aromatic nitrogens is 1. The average molecular weight is 313 g/mol. The van der Waals surface area contributed by atoms with E-state index in [4.69, 9.17) is 5.26 Å². The third kappa shape index (κ3) is 2.34. The lowest BCUT2D eigenvalue weighted by Crippen LogP contribution is -1.91. The highest BCUT2D eigenvalue weighted by Crippen LogP contribution is 2.33. The van der Waals surface area contributed by atoms with Crippen molar-refractivity contribution in [2.75, 3.05) is 0 Å². The van der Waals surface area contributed by atoms with Crippen LogP contribution >= 0.6 is 38.6 Å². The first kappa shape index (κ1) is 11.8. The van der Waals surface area contributed by atoms with Gasteiger partial charge in [-0.15, -0.1) is 22.7 Å². The van der Waals surface area contributed by atoms with E-state index in [1.165, 1.54) is 0 Å². The van der Waals surface area contributed by atoms with E-state index in [0.717, 1.165) is 25.8 Å². The first-order valence-electron chi connectivity index (χ1n) is 4.85. The van der Waals surface area contributed by atoms with Gasteiger partial charge < -0.3 is 0 Å². The maximum atomic E-state index is 8.98. The zero-order chi connectivity index (χ0) is 11.5. The molecule has 16 heavy (non-hydrogen) atoms. The Bertz CT molecular complexity index is 524. The van der Waals surface area contributed by atoms with Crippen molar-refractivity contribution >= 4 is 38.6 Å². The molecular formula is C11H9BrN2S2. The topological polar surface area (TPSA) is 36.7 Å². The molecule has 2 rings (SSSR count). The Morgan fingerprint density at radius 1 is 1.56 bits per heavy atom. The second kappa shape index (κ2) is 5.09. The maximum absolute atomic E-state index is 8.98. The second-order valence-electron chi connectivity index (χ2n) is 3.26. The quantitative estimate of drug-likeness (QED) is 0.827. The molecule has 0 aliphatic heterocycles. The van der Waals surface area contributed by atoms with E-state index in [9.17, 15) is 0 Å². The van der Waals surface area contributed by atoms with E-state index in [2.05, 4.69) is 27.0 Å². The number of hydrogen-bond acceptors (Lipinski definition) is 4. The van der Waals surface area contributed by atoms with Gasteiger partial charge in [-0.25, -0.2) is 4.98 Å². The summed E-state index contributed by atoms with van der Waals surface area (Å²) >= 11 is 6.66. The van der Waals surface area contributed by atoms with Gasteiger partial charge in [0.25, 0.3) is 0 Å². The SMILES string of the molecule is CCC(C#N)c1nc(-c2ccc(Br)s2)cs1. The molecular weight excluding hydrogens is 304 g/mol. The molecule has 1 unspecified atom stereocenters. The predicted octanol–water partition coefficient (Wildman–Crippen LogP) is 4.65. The zero-order valence-corrected chi connectivity index (χ0v) is 11.8. The molecule has 2 aromatic heterocycles. The van der Waals surface area contributed by atoms with Crippen LogP contribution in [0, 0.1) is 11.3 Å². The van der Waals surface area contributed by atoms with Gasteiger partial charge in [-0.05, 0) is 34.5 Å². The van der Waals surface area contributed by atoms with Gasteiger partial charge in [-0.3, -0.25) is 0 Å². The van der Waals surface area contributed by atoms with Gasteiger partial charge in [0.15, 0.2) is 0 Å². The fourth-order valence-corrected chi connectivity index (χ4v) is 3.70. The second-order valence-corrected chi connectivity index (χ2v) is 6.62. The third-order valence-electron chi connectivity index (χ3n) is 2.21.